The minimum absolute atomic E-state index is 0.177. The molecule has 1 saturated carbocycles. The summed E-state index contributed by atoms with van der Waals surface area (Å²) in [7, 11) is 0. The molecule has 106 valence electrons. The molecule has 0 aromatic carbocycles. The molecule has 4 N–H and O–H groups in total. The van der Waals surface area contributed by atoms with Crippen molar-refractivity contribution in [2.75, 3.05) is 5.73 Å². The van der Waals surface area contributed by atoms with Crippen molar-refractivity contribution in [2.45, 2.75) is 36.9 Å². The number of hydrogen-bond donors (Lipinski definition) is 3. The van der Waals surface area contributed by atoms with Crippen LogP contribution in [0.2, 0.25) is 0 Å². The molecular formula is C12H14N4O4. The lowest BCUT2D eigenvalue weighted by atomic mass is 9.96. The Bertz CT molecular complexity index is 666. The van der Waals surface area contributed by atoms with Gasteiger partial charge in [-0.25, -0.2) is 9.78 Å². The highest BCUT2D eigenvalue weighted by Gasteiger charge is 2.76. The van der Waals surface area contributed by atoms with E-state index in [-0.39, 0.29) is 5.95 Å². The van der Waals surface area contributed by atoms with E-state index in [0.29, 0.717) is 6.42 Å². The fourth-order valence-corrected chi connectivity index (χ4v) is 2.91. The smallest absolute Gasteiger partial charge is 0.354 e. The van der Waals surface area contributed by atoms with Gasteiger partial charge in [0.15, 0.2) is 11.8 Å². The van der Waals surface area contributed by atoms with Gasteiger partial charge in [0.05, 0.1) is 6.10 Å². The molecule has 8 heteroatoms. The Kier molecular flexibility index (Phi) is 2.47. The average molecular weight is 278 g/mol. The quantitative estimate of drug-likeness (QED) is 0.548. The Morgan fingerprint density at radius 1 is 1.75 bits per heavy atom. The molecule has 1 saturated heterocycles. The van der Waals surface area contributed by atoms with Crippen LogP contribution in [0, 0.1) is 18.3 Å². The van der Waals surface area contributed by atoms with Gasteiger partial charge in [-0.15, -0.1) is 6.42 Å². The summed E-state index contributed by atoms with van der Waals surface area (Å²) in [6.45, 7) is 1.56. The molecule has 0 radical (unpaired) electrons. The Morgan fingerprint density at radius 2 is 2.45 bits per heavy atom. The summed E-state index contributed by atoms with van der Waals surface area (Å²) in [5.41, 5.74) is 1.98. The van der Waals surface area contributed by atoms with Crippen molar-refractivity contribution in [3.05, 3.63) is 16.8 Å². The molecule has 2 fully saturated rings. The summed E-state index contributed by atoms with van der Waals surface area (Å²) in [5, 5.41) is 20.4. The summed E-state index contributed by atoms with van der Waals surface area (Å²) in [6, 6.07) is 0. The second kappa shape index (κ2) is 3.79. The van der Waals surface area contributed by atoms with Crippen molar-refractivity contribution in [2.24, 2.45) is 5.92 Å². The van der Waals surface area contributed by atoms with Crippen molar-refractivity contribution in [1.29, 1.82) is 0 Å². The van der Waals surface area contributed by atoms with Crippen LogP contribution in [-0.2, 0) is 4.74 Å². The van der Waals surface area contributed by atoms with Gasteiger partial charge >= 0.3 is 5.69 Å². The average Bonchev–Trinajstić information content (AvgIpc) is 3.07. The molecule has 2 heterocycles. The Morgan fingerprint density at radius 3 is 3.00 bits per heavy atom. The molecule has 1 aliphatic heterocycles. The number of aromatic nitrogens is 3. The van der Waals surface area contributed by atoms with Crippen molar-refractivity contribution >= 4 is 5.95 Å². The molecule has 1 aromatic rings. The number of nitrogens with two attached hydrogens (primary N) is 1. The minimum atomic E-state index is -1.69. The first-order chi connectivity index (χ1) is 9.35. The van der Waals surface area contributed by atoms with Gasteiger partial charge in [-0.05, 0) is 13.3 Å². The first-order valence-corrected chi connectivity index (χ1v) is 6.12. The zero-order chi connectivity index (χ0) is 14.7. The number of nitrogen functional groups attached to an aromatic ring is 1. The summed E-state index contributed by atoms with van der Waals surface area (Å²) in [4.78, 5) is 19.0. The third-order valence-electron chi connectivity index (χ3n) is 4.13. The molecule has 0 spiro atoms. The van der Waals surface area contributed by atoms with Gasteiger partial charge in [-0.2, -0.15) is 4.98 Å². The molecule has 1 aromatic heterocycles. The molecule has 0 bridgehead atoms. The monoisotopic (exact) mass is 278 g/mol. The molecule has 8 nitrogen and oxygen atoms in total. The van der Waals surface area contributed by atoms with Crippen LogP contribution in [0.15, 0.2) is 11.1 Å². The van der Waals surface area contributed by atoms with Crippen LogP contribution in [0.5, 0.6) is 0 Å². The van der Waals surface area contributed by atoms with Crippen molar-refractivity contribution in [3.63, 3.8) is 0 Å². The number of fused-ring (bicyclic) bond motifs is 1. The summed E-state index contributed by atoms with van der Waals surface area (Å²) in [6.07, 6.45) is 5.01. The van der Waals surface area contributed by atoms with Crippen molar-refractivity contribution in [3.8, 4) is 12.3 Å². The van der Waals surface area contributed by atoms with E-state index in [1.807, 2.05) is 0 Å². The number of ether oxygens (including phenoxy) is 1. The van der Waals surface area contributed by atoms with Gasteiger partial charge in [-0.3, -0.25) is 4.57 Å². The van der Waals surface area contributed by atoms with Crippen LogP contribution in [0.3, 0.4) is 0 Å². The molecule has 3 rings (SSSR count). The van der Waals surface area contributed by atoms with E-state index in [1.54, 1.807) is 6.92 Å². The lowest BCUT2D eigenvalue weighted by molar-refractivity contribution is -0.129. The number of hydrogen-bond acceptors (Lipinski definition) is 7. The lowest BCUT2D eigenvalue weighted by Crippen LogP contribution is -2.42. The van der Waals surface area contributed by atoms with Crippen LogP contribution in [0.25, 0.3) is 0 Å². The first-order valence-electron chi connectivity index (χ1n) is 6.12. The van der Waals surface area contributed by atoms with E-state index in [2.05, 4.69) is 15.9 Å². The van der Waals surface area contributed by atoms with Crippen LogP contribution < -0.4 is 11.4 Å². The van der Waals surface area contributed by atoms with E-state index in [0.717, 1.165) is 10.9 Å². The minimum Gasteiger partial charge on any atom is -0.390 e. The van der Waals surface area contributed by atoms with E-state index < -0.39 is 35.1 Å². The van der Waals surface area contributed by atoms with Crippen molar-refractivity contribution < 1.29 is 14.9 Å². The van der Waals surface area contributed by atoms with Crippen LogP contribution in [-0.4, -0.2) is 42.1 Å². The highest BCUT2D eigenvalue weighted by atomic mass is 16.6. The predicted octanol–water partition coefficient (Wildman–Crippen LogP) is -1.75. The van der Waals surface area contributed by atoms with E-state index >= 15 is 0 Å². The van der Waals surface area contributed by atoms with Gasteiger partial charge < -0.3 is 20.7 Å². The summed E-state index contributed by atoms with van der Waals surface area (Å²) in [5.74, 6) is 1.66. The second-order valence-electron chi connectivity index (χ2n) is 5.23. The fourth-order valence-electron chi connectivity index (χ4n) is 2.91. The molecule has 0 amide bonds. The SMILES string of the molecule is C#CC1(O)C2CC2([C@H](C)O)O[C@H]1n1cnc(N)nc1=O. The highest BCUT2D eigenvalue weighted by Crippen LogP contribution is 2.65. The van der Waals surface area contributed by atoms with Gasteiger partial charge in [0.2, 0.25) is 5.95 Å². The summed E-state index contributed by atoms with van der Waals surface area (Å²) < 4.78 is 6.69. The van der Waals surface area contributed by atoms with Gasteiger partial charge in [0.1, 0.15) is 11.9 Å². The topological polar surface area (TPSA) is 123 Å². The second-order valence-corrected chi connectivity index (χ2v) is 5.23. The van der Waals surface area contributed by atoms with Gasteiger partial charge in [0, 0.05) is 5.92 Å². The maximum atomic E-state index is 11.8. The van der Waals surface area contributed by atoms with Crippen molar-refractivity contribution in [1.82, 2.24) is 14.5 Å². The molecule has 2 aliphatic rings. The number of rotatable bonds is 2. The third-order valence-corrected chi connectivity index (χ3v) is 4.13. The maximum Gasteiger partial charge on any atom is 0.354 e. The molecule has 20 heavy (non-hydrogen) atoms. The van der Waals surface area contributed by atoms with Crippen LogP contribution >= 0.6 is 0 Å². The van der Waals surface area contributed by atoms with Crippen LogP contribution in [0.4, 0.5) is 5.95 Å². The number of aliphatic hydroxyl groups is 2. The zero-order valence-electron chi connectivity index (χ0n) is 10.7. The third kappa shape index (κ3) is 1.45. The maximum absolute atomic E-state index is 11.8. The lowest BCUT2D eigenvalue weighted by Gasteiger charge is -2.27. The first kappa shape index (κ1) is 13.1. The predicted molar refractivity (Wildman–Crippen MR) is 67.1 cm³/mol. The molecular weight excluding hydrogens is 264 g/mol. The Hall–Kier alpha value is -1.95. The molecule has 5 atom stereocenters. The Labute approximate surface area is 114 Å². The van der Waals surface area contributed by atoms with E-state index in [1.165, 1.54) is 0 Å². The van der Waals surface area contributed by atoms with Gasteiger partial charge in [-0.1, -0.05) is 5.92 Å². The number of terminal acetylenes is 1. The summed E-state index contributed by atoms with van der Waals surface area (Å²) >= 11 is 0. The molecule has 1 aliphatic carbocycles. The highest BCUT2D eigenvalue weighted by molar-refractivity contribution is 5.31. The number of nitrogens with zero attached hydrogens (tertiary/aromatic N) is 3. The normalized spacial score (nSPS) is 39.9. The van der Waals surface area contributed by atoms with E-state index in [4.69, 9.17) is 16.9 Å². The number of anilines is 1. The van der Waals surface area contributed by atoms with Gasteiger partial charge in [0.25, 0.3) is 0 Å². The number of aliphatic hydroxyl groups excluding tert-OH is 1. The largest absolute Gasteiger partial charge is 0.390 e. The zero-order valence-corrected chi connectivity index (χ0v) is 10.7. The molecule has 3 unspecified atom stereocenters. The standard InChI is InChI=1S/C12H14N4O4/c1-3-11(19)7-4-12(7,6(2)17)20-8(11)16-5-14-9(13)15-10(16)18/h1,5-8,17,19H,4H2,2H3,(H2,13,15,18)/t6-,7?,8+,11?,12?/m0/s1. The van der Waals surface area contributed by atoms with Crippen LogP contribution in [0.1, 0.15) is 19.6 Å². The van der Waals surface area contributed by atoms with E-state index in [9.17, 15) is 15.0 Å². The Balaban J connectivity index is 2.06. The fraction of sp³-hybridized carbons (Fsp3) is 0.583.